The van der Waals surface area contributed by atoms with Gasteiger partial charge >= 0.3 is 18.5 Å². The van der Waals surface area contributed by atoms with Crippen molar-refractivity contribution in [3.8, 4) is 42.5 Å². The third-order valence-corrected chi connectivity index (χ3v) is 8.13. The van der Waals surface area contributed by atoms with Crippen LogP contribution in [-0.4, -0.2) is 0 Å². The molecule has 0 spiro atoms. The molecule has 0 saturated carbocycles. The van der Waals surface area contributed by atoms with Gasteiger partial charge in [0.25, 0.3) is 0 Å². The molecule has 2 aliphatic rings. The molecule has 17 heteroatoms. The van der Waals surface area contributed by atoms with E-state index in [4.69, 9.17) is 0 Å². The first kappa shape index (κ1) is 36.6. The third kappa shape index (κ3) is 5.68. The van der Waals surface area contributed by atoms with Crippen LogP contribution in [-0.2, 0) is 18.5 Å². The molecule has 2 aliphatic carbocycles. The fourth-order valence-corrected chi connectivity index (χ4v) is 6.11. The van der Waals surface area contributed by atoms with E-state index in [2.05, 4.69) is 0 Å². The minimum atomic E-state index is -5.64. The van der Waals surface area contributed by atoms with E-state index in [1.54, 1.807) is 6.07 Å². The van der Waals surface area contributed by atoms with E-state index < -0.39 is 119 Å². The Morgan fingerprint density at radius 1 is 0.472 bits per heavy atom. The summed E-state index contributed by atoms with van der Waals surface area (Å²) < 4.78 is 140. The van der Waals surface area contributed by atoms with Crippen LogP contribution in [0.25, 0.3) is 33.4 Å². The van der Waals surface area contributed by atoms with Crippen molar-refractivity contribution in [2.45, 2.75) is 18.5 Å². The summed E-state index contributed by atoms with van der Waals surface area (Å²) in [4.78, 5) is 0. The van der Waals surface area contributed by atoms with Gasteiger partial charge in [-0.3, -0.25) is 0 Å². The second-order valence-corrected chi connectivity index (χ2v) is 10.8. The lowest BCUT2D eigenvalue weighted by Gasteiger charge is -2.17. The summed E-state index contributed by atoms with van der Waals surface area (Å²) in [6, 6.07) is 13.7. The van der Waals surface area contributed by atoms with Crippen LogP contribution in [0.5, 0.6) is 0 Å². The van der Waals surface area contributed by atoms with Crippen LogP contribution in [0.3, 0.4) is 0 Å². The lowest BCUT2D eigenvalue weighted by molar-refractivity contribution is -0.162. The number of rotatable bonds is 2. The average Bonchev–Trinajstić information content (AvgIpc) is 3.61. The predicted molar refractivity (Wildman–Crippen MR) is 160 cm³/mol. The summed E-state index contributed by atoms with van der Waals surface area (Å²) in [5.74, 6) is -1.56. The van der Waals surface area contributed by atoms with Crippen LogP contribution in [0, 0.1) is 85.1 Å². The van der Waals surface area contributed by atoms with E-state index in [0.717, 1.165) is 12.1 Å². The van der Waals surface area contributed by atoms with Crippen molar-refractivity contribution in [1.82, 2.24) is 0 Å². The molecule has 0 atom stereocenters. The molecular weight excluding hydrogens is 720 g/mol. The maximum Gasteiger partial charge on any atom is 0.417 e. The number of allylic oxidation sites excluding steroid dienone is 8. The van der Waals surface area contributed by atoms with Crippen molar-refractivity contribution in [2.24, 2.45) is 0 Å². The highest BCUT2D eigenvalue weighted by molar-refractivity contribution is 6.30. The summed E-state index contributed by atoms with van der Waals surface area (Å²) in [6.07, 6.45) is -16.2. The fraction of sp³-hybridized carbons (Fsp3) is 0.0833. The van der Waals surface area contributed by atoms with Crippen LogP contribution < -0.4 is 0 Å². The average molecular weight is 727 g/mol. The maximum atomic E-state index is 17.1. The Balaban J connectivity index is 1.95. The number of nitriles is 7. The molecule has 0 fully saturated rings. The van der Waals surface area contributed by atoms with E-state index in [-0.39, 0.29) is 17.7 Å². The van der Waals surface area contributed by atoms with Crippen molar-refractivity contribution in [2.75, 3.05) is 0 Å². The van der Waals surface area contributed by atoms with E-state index in [0.29, 0.717) is 18.2 Å². The van der Waals surface area contributed by atoms with Crippen LogP contribution in [0.1, 0.15) is 55.6 Å². The van der Waals surface area contributed by atoms with Gasteiger partial charge in [-0.1, -0.05) is 12.1 Å². The maximum absolute atomic E-state index is 17.1. The minimum Gasteiger partial charge on any atom is -0.206 e. The topological polar surface area (TPSA) is 167 Å². The molecule has 0 radical (unpaired) electrons. The molecule has 3 aromatic carbocycles. The molecule has 0 amide bonds. The number of nitrogens with zero attached hydrogens (tertiary/aromatic N) is 7. The van der Waals surface area contributed by atoms with Gasteiger partial charge in [0.15, 0.2) is 0 Å². The zero-order valence-corrected chi connectivity index (χ0v) is 25.5. The lowest BCUT2D eigenvalue weighted by Crippen LogP contribution is -2.16. The first-order chi connectivity index (χ1) is 24.8. The number of hydrogen-bond donors (Lipinski definition) is 0. The van der Waals surface area contributed by atoms with Crippen LogP contribution in [0.4, 0.5) is 43.9 Å². The molecule has 0 bridgehead atoms. The number of alkyl halides is 9. The second kappa shape index (κ2) is 12.6. The minimum absolute atomic E-state index is 0.00968. The van der Waals surface area contributed by atoms with Crippen LogP contribution >= 0.6 is 0 Å². The Morgan fingerprint density at radius 2 is 0.943 bits per heavy atom. The zero-order valence-electron chi connectivity index (χ0n) is 25.5. The first-order valence-corrected chi connectivity index (χ1v) is 14.0. The molecule has 0 aliphatic heterocycles. The Morgan fingerprint density at radius 3 is 1.42 bits per heavy atom. The van der Waals surface area contributed by atoms with E-state index in [9.17, 15) is 76.3 Å². The normalized spacial score (nSPS) is 13.5. The molecule has 0 heterocycles. The highest BCUT2D eigenvalue weighted by atomic mass is 19.4. The molecule has 7 nitrogen and oxygen atoms in total. The molecule has 53 heavy (non-hydrogen) atoms. The molecule has 0 N–H and O–H groups in total. The van der Waals surface area contributed by atoms with Crippen molar-refractivity contribution < 1.29 is 43.9 Å². The van der Waals surface area contributed by atoms with E-state index in [1.165, 1.54) is 36.4 Å². The zero-order chi connectivity index (χ0) is 39.4. The van der Waals surface area contributed by atoms with Crippen molar-refractivity contribution in [3.05, 3.63) is 115 Å². The summed E-state index contributed by atoms with van der Waals surface area (Å²) in [7, 11) is 0. The monoisotopic (exact) mass is 727 g/mol. The van der Waals surface area contributed by atoms with Gasteiger partial charge < -0.3 is 0 Å². The fourth-order valence-electron chi connectivity index (χ4n) is 6.11. The van der Waals surface area contributed by atoms with Crippen LogP contribution in [0.15, 0.2) is 53.6 Å². The molecule has 5 rings (SSSR count). The molecular formula is C36H7F10N7. The highest BCUT2D eigenvalue weighted by Gasteiger charge is 2.45. The Bertz CT molecular complexity index is 2620. The van der Waals surface area contributed by atoms with Gasteiger partial charge in [-0.05, 0) is 47.0 Å². The number of benzene rings is 3. The molecule has 256 valence electrons. The molecule has 0 saturated heterocycles. The number of fused-ring (bicyclic) bond motifs is 2. The molecule has 0 aromatic heterocycles. The van der Waals surface area contributed by atoms with E-state index >= 15 is 4.39 Å². The van der Waals surface area contributed by atoms with Gasteiger partial charge in [-0.2, -0.15) is 76.3 Å². The molecule has 0 unspecified atom stereocenters. The van der Waals surface area contributed by atoms with E-state index in [1.807, 2.05) is 0 Å². The Kier molecular flexibility index (Phi) is 8.70. The Labute approximate surface area is 290 Å². The van der Waals surface area contributed by atoms with Gasteiger partial charge in [0.2, 0.25) is 0 Å². The van der Waals surface area contributed by atoms with Crippen molar-refractivity contribution >= 4 is 33.4 Å². The first-order valence-electron chi connectivity index (χ1n) is 14.0. The van der Waals surface area contributed by atoms with Crippen LogP contribution in [0.2, 0.25) is 0 Å². The lowest BCUT2D eigenvalue weighted by atomic mass is 9.88. The van der Waals surface area contributed by atoms with Gasteiger partial charge in [0, 0.05) is 39.0 Å². The van der Waals surface area contributed by atoms with Crippen molar-refractivity contribution in [3.63, 3.8) is 0 Å². The van der Waals surface area contributed by atoms with Gasteiger partial charge in [-0.15, -0.1) is 0 Å². The Hall–Kier alpha value is -7.65. The quantitative estimate of drug-likeness (QED) is 0.187. The highest BCUT2D eigenvalue weighted by Crippen LogP contribution is 2.56. The molecule has 3 aromatic rings. The summed E-state index contributed by atoms with van der Waals surface area (Å²) in [5.41, 5.74) is -16.8. The smallest absolute Gasteiger partial charge is 0.206 e. The van der Waals surface area contributed by atoms with Gasteiger partial charge in [0.1, 0.15) is 53.4 Å². The standard InChI is InChI=1S/C36H7F10N7/c37-33-31-21(29(18(9-48)10-49)28(23(31)14-53)16-2-4-25(35(41,42)43)26(6-16)36(44,45)46)7-20-22(13-52)27(30(32(20)33)19(11-50)12-51)15-1-3-24(34(38,39)40)17(5-15)8-47/h1-7H. The summed E-state index contributed by atoms with van der Waals surface area (Å²) in [6.45, 7) is 0. The SMILES string of the molecule is N#CC(C#N)=C1C(c2ccc(C(F)(F)F)c(C(F)(F)F)c2)=C(C#N)c2c1cc1c(c2F)C(=C(C#N)C#N)C(c2ccc(C(F)(F)F)c(C#N)c2)=C1C#N. The predicted octanol–water partition coefficient (Wildman–Crippen LogP) is 9.25. The summed E-state index contributed by atoms with van der Waals surface area (Å²) in [5, 5.41) is 69.3. The number of hydrogen-bond acceptors (Lipinski definition) is 7. The summed E-state index contributed by atoms with van der Waals surface area (Å²) >= 11 is 0. The largest absolute Gasteiger partial charge is 0.417 e. The third-order valence-electron chi connectivity index (χ3n) is 8.13. The van der Waals surface area contributed by atoms with Gasteiger partial charge in [-0.25, -0.2) is 4.39 Å². The van der Waals surface area contributed by atoms with Gasteiger partial charge in [0.05, 0.1) is 39.5 Å². The second-order valence-electron chi connectivity index (χ2n) is 10.8. The van der Waals surface area contributed by atoms with Crippen molar-refractivity contribution in [1.29, 1.82) is 36.8 Å². The number of halogens is 10.